The van der Waals surface area contributed by atoms with E-state index in [1.165, 1.54) is 19.9 Å². The number of rotatable bonds is 6. The van der Waals surface area contributed by atoms with Crippen LogP contribution in [0.1, 0.15) is 24.2 Å². The van der Waals surface area contributed by atoms with E-state index in [1.807, 2.05) is 0 Å². The smallest absolute Gasteiger partial charge is 0.329 e. The fraction of sp³-hybridized carbons (Fsp3) is 0.211. The second kappa shape index (κ2) is 9.39. The summed E-state index contributed by atoms with van der Waals surface area (Å²) in [7, 11) is 0. The fourth-order valence-corrected chi connectivity index (χ4v) is 2.43. The van der Waals surface area contributed by atoms with Crippen LogP contribution in [0.3, 0.4) is 0 Å². The molecule has 0 aliphatic rings. The van der Waals surface area contributed by atoms with Crippen LogP contribution >= 0.6 is 23.2 Å². The highest BCUT2D eigenvalue weighted by Crippen LogP contribution is 2.15. The van der Waals surface area contributed by atoms with Crippen molar-refractivity contribution in [1.29, 1.82) is 0 Å². The summed E-state index contributed by atoms with van der Waals surface area (Å²) in [4.78, 5) is 36.4. The number of hydrogen-bond acceptors (Lipinski definition) is 4. The second-order valence-corrected chi connectivity index (χ2v) is 6.59. The van der Waals surface area contributed by atoms with Gasteiger partial charge in [0.05, 0.1) is 10.6 Å². The van der Waals surface area contributed by atoms with Gasteiger partial charge in [-0.15, -0.1) is 0 Å². The minimum Gasteiger partial charge on any atom is -0.451 e. The number of nitrogens with one attached hydrogen (secondary N) is 2. The van der Waals surface area contributed by atoms with E-state index in [4.69, 9.17) is 27.9 Å². The molecular weight excluding hydrogens is 391 g/mol. The Morgan fingerprint density at radius 1 is 0.963 bits per heavy atom. The summed E-state index contributed by atoms with van der Waals surface area (Å²) < 4.78 is 5.11. The number of carbonyl (C=O) groups excluding carboxylic acids is 3. The van der Waals surface area contributed by atoms with Crippen molar-refractivity contribution in [1.82, 2.24) is 5.32 Å². The molecule has 2 aromatic carbocycles. The zero-order valence-corrected chi connectivity index (χ0v) is 16.2. The third-order valence-electron chi connectivity index (χ3n) is 3.59. The third kappa shape index (κ3) is 5.98. The molecule has 142 valence electrons. The largest absolute Gasteiger partial charge is 0.451 e. The van der Waals surface area contributed by atoms with Gasteiger partial charge in [-0.2, -0.15) is 0 Å². The molecule has 0 unspecified atom stereocenters. The van der Waals surface area contributed by atoms with Crippen LogP contribution in [0.5, 0.6) is 0 Å². The highest BCUT2D eigenvalue weighted by Gasteiger charge is 2.24. The summed E-state index contributed by atoms with van der Waals surface area (Å²) in [5.74, 6) is -1.76. The summed E-state index contributed by atoms with van der Waals surface area (Å²) in [6.07, 6.45) is -1.05. The van der Waals surface area contributed by atoms with Crippen LogP contribution in [0.4, 0.5) is 5.69 Å². The highest BCUT2D eigenvalue weighted by molar-refractivity contribution is 6.33. The van der Waals surface area contributed by atoms with Gasteiger partial charge in [-0.3, -0.25) is 9.59 Å². The van der Waals surface area contributed by atoms with Crippen LogP contribution < -0.4 is 10.6 Å². The summed E-state index contributed by atoms with van der Waals surface area (Å²) in [5, 5.41) is 5.91. The van der Waals surface area contributed by atoms with E-state index in [-0.39, 0.29) is 10.6 Å². The molecule has 2 atom stereocenters. The van der Waals surface area contributed by atoms with Gasteiger partial charge in [0.1, 0.15) is 6.04 Å². The van der Waals surface area contributed by atoms with Crippen molar-refractivity contribution < 1.29 is 19.1 Å². The lowest BCUT2D eigenvalue weighted by Crippen LogP contribution is -2.42. The molecule has 27 heavy (non-hydrogen) atoms. The minimum atomic E-state index is -1.05. The Morgan fingerprint density at radius 3 is 2.22 bits per heavy atom. The first-order valence-electron chi connectivity index (χ1n) is 8.10. The quantitative estimate of drug-likeness (QED) is 0.713. The third-order valence-corrected chi connectivity index (χ3v) is 4.18. The maximum Gasteiger partial charge on any atom is 0.329 e. The number of halogens is 2. The minimum absolute atomic E-state index is 0.243. The first kappa shape index (κ1) is 20.7. The standard InChI is InChI=1S/C19H18Cl2N2O4/c1-11(22-18(25)15-5-3-4-6-16(15)21)19(26)27-12(2)17(24)23-14-9-7-13(20)8-10-14/h3-12H,1-2H3,(H,22,25)(H,23,24)/t11-,12-/m0/s1. The van der Waals surface area contributed by atoms with Crippen molar-refractivity contribution in [2.24, 2.45) is 0 Å². The van der Waals surface area contributed by atoms with Crippen LogP contribution in [0.15, 0.2) is 48.5 Å². The van der Waals surface area contributed by atoms with Crippen LogP contribution in [0.25, 0.3) is 0 Å². The van der Waals surface area contributed by atoms with Gasteiger partial charge in [0.15, 0.2) is 6.10 Å². The lowest BCUT2D eigenvalue weighted by molar-refractivity contribution is -0.154. The van der Waals surface area contributed by atoms with Gasteiger partial charge in [-0.25, -0.2) is 4.79 Å². The Morgan fingerprint density at radius 2 is 1.59 bits per heavy atom. The molecule has 8 heteroatoms. The predicted molar refractivity (Wildman–Crippen MR) is 104 cm³/mol. The van der Waals surface area contributed by atoms with Crippen molar-refractivity contribution in [2.45, 2.75) is 26.0 Å². The van der Waals surface area contributed by atoms with Crippen LogP contribution in [-0.4, -0.2) is 29.9 Å². The van der Waals surface area contributed by atoms with Gasteiger partial charge in [-0.1, -0.05) is 35.3 Å². The van der Waals surface area contributed by atoms with Gasteiger partial charge < -0.3 is 15.4 Å². The van der Waals surface area contributed by atoms with Crippen molar-refractivity contribution in [3.63, 3.8) is 0 Å². The maximum atomic E-state index is 12.2. The SMILES string of the molecule is C[C@H](NC(=O)c1ccccc1Cl)C(=O)O[C@@H](C)C(=O)Nc1ccc(Cl)cc1. The van der Waals surface area contributed by atoms with E-state index >= 15 is 0 Å². The number of ether oxygens (including phenoxy) is 1. The molecule has 0 fully saturated rings. The number of esters is 1. The highest BCUT2D eigenvalue weighted by atomic mass is 35.5. The normalized spacial score (nSPS) is 12.6. The lowest BCUT2D eigenvalue weighted by atomic mass is 10.2. The predicted octanol–water partition coefficient (Wildman–Crippen LogP) is 3.68. The molecular formula is C19H18Cl2N2O4. The molecule has 0 aliphatic carbocycles. The number of benzene rings is 2. The van der Waals surface area contributed by atoms with E-state index in [9.17, 15) is 14.4 Å². The van der Waals surface area contributed by atoms with Crippen LogP contribution in [0, 0.1) is 0 Å². The van der Waals surface area contributed by atoms with Crippen molar-refractivity contribution in [3.8, 4) is 0 Å². The second-order valence-electron chi connectivity index (χ2n) is 5.75. The number of carbonyl (C=O) groups is 3. The molecule has 0 radical (unpaired) electrons. The summed E-state index contributed by atoms with van der Waals surface area (Å²) in [6, 6.07) is 12.0. The molecule has 2 aromatic rings. The molecule has 0 aromatic heterocycles. The summed E-state index contributed by atoms with van der Waals surface area (Å²) in [6.45, 7) is 2.90. The summed E-state index contributed by atoms with van der Waals surface area (Å²) in [5.41, 5.74) is 0.764. The van der Waals surface area contributed by atoms with Gasteiger partial charge in [0.2, 0.25) is 0 Å². The average Bonchev–Trinajstić information content (AvgIpc) is 2.63. The number of hydrogen-bond donors (Lipinski definition) is 2. The van der Waals surface area contributed by atoms with Crippen molar-refractivity contribution in [2.75, 3.05) is 5.32 Å². The molecule has 0 bridgehead atoms. The Bertz CT molecular complexity index is 840. The zero-order chi connectivity index (χ0) is 20.0. The molecule has 2 rings (SSSR count). The van der Waals surface area contributed by atoms with Crippen molar-refractivity contribution in [3.05, 3.63) is 64.1 Å². The lowest BCUT2D eigenvalue weighted by Gasteiger charge is -2.18. The van der Waals surface area contributed by atoms with E-state index < -0.39 is 29.9 Å². The molecule has 6 nitrogen and oxygen atoms in total. The van der Waals surface area contributed by atoms with Gasteiger partial charge in [-0.05, 0) is 50.2 Å². The number of anilines is 1. The molecule has 2 N–H and O–H groups in total. The molecule has 0 saturated carbocycles. The molecule has 0 saturated heterocycles. The van der Waals surface area contributed by atoms with E-state index in [1.54, 1.807) is 42.5 Å². The van der Waals surface area contributed by atoms with Crippen LogP contribution in [-0.2, 0) is 14.3 Å². The molecule has 0 aliphatic heterocycles. The zero-order valence-electron chi connectivity index (χ0n) is 14.7. The van der Waals surface area contributed by atoms with Gasteiger partial charge in [0, 0.05) is 10.7 Å². The van der Waals surface area contributed by atoms with Gasteiger partial charge in [0.25, 0.3) is 11.8 Å². The maximum absolute atomic E-state index is 12.2. The topological polar surface area (TPSA) is 84.5 Å². The monoisotopic (exact) mass is 408 g/mol. The average molecular weight is 409 g/mol. The fourth-order valence-electron chi connectivity index (χ4n) is 2.09. The Kier molecular flexibility index (Phi) is 7.21. The number of amides is 2. The first-order chi connectivity index (χ1) is 12.8. The molecule has 0 heterocycles. The van der Waals surface area contributed by atoms with Crippen LogP contribution in [0.2, 0.25) is 10.0 Å². The Hall–Kier alpha value is -2.57. The summed E-state index contributed by atoms with van der Waals surface area (Å²) >= 11 is 11.7. The van der Waals surface area contributed by atoms with Gasteiger partial charge >= 0.3 is 5.97 Å². The first-order valence-corrected chi connectivity index (χ1v) is 8.86. The van der Waals surface area contributed by atoms with E-state index in [0.717, 1.165) is 0 Å². The molecule has 2 amide bonds. The van der Waals surface area contributed by atoms with E-state index in [2.05, 4.69) is 10.6 Å². The Balaban J connectivity index is 1.89. The van der Waals surface area contributed by atoms with Crippen molar-refractivity contribution >= 4 is 46.7 Å². The Labute approximate surface area is 166 Å². The molecule has 0 spiro atoms. The van der Waals surface area contributed by atoms with E-state index in [0.29, 0.717) is 10.7 Å².